The van der Waals surface area contributed by atoms with Gasteiger partial charge in [0.05, 0.1) is 32.0 Å². The summed E-state index contributed by atoms with van der Waals surface area (Å²) in [5.41, 5.74) is 0. The Labute approximate surface area is 98.2 Å². The number of ether oxygens (including phenoxy) is 2. The molecule has 1 aliphatic carbocycles. The third-order valence-electron chi connectivity index (χ3n) is 2.82. The van der Waals surface area contributed by atoms with Crippen molar-refractivity contribution in [1.29, 1.82) is 0 Å². The van der Waals surface area contributed by atoms with Crippen molar-refractivity contribution in [2.45, 2.75) is 6.42 Å². The Morgan fingerprint density at radius 2 is 1.76 bits per heavy atom. The third-order valence-corrected chi connectivity index (χ3v) is 2.82. The number of hydrogen-bond donors (Lipinski definition) is 1. The van der Waals surface area contributed by atoms with Gasteiger partial charge in [0.15, 0.2) is 0 Å². The van der Waals surface area contributed by atoms with E-state index in [1.165, 1.54) is 20.3 Å². The molecule has 0 heterocycles. The van der Waals surface area contributed by atoms with Crippen molar-refractivity contribution in [3.8, 4) is 0 Å². The highest BCUT2D eigenvalue weighted by atomic mass is 16.5. The van der Waals surface area contributed by atoms with E-state index in [1.54, 1.807) is 6.08 Å². The zero-order valence-corrected chi connectivity index (χ0v) is 9.58. The molecule has 1 N–H and O–H groups in total. The fourth-order valence-corrected chi connectivity index (χ4v) is 1.97. The van der Waals surface area contributed by atoms with E-state index in [-0.39, 0.29) is 6.42 Å². The van der Waals surface area contributed by atoms with Crippen molar-refractivity contribution in [2.24, 2.45) is 17.8 Å². The fourth-order valence-electron chi connectivity index (χ4n) is 1.97. The highest BCUT2D eigenvalue weighted by Gasteiger charge is 2.44. The molecule has 0 aromatic carbocycles. The van der Waals surface area contributed by atoms with E-state index in [0.29, 0.717) is 0 Å². The van der Waals surface area contributed by atoms with Gasteiger partial charge in [-0.1, -0.05) is 12.2 Å². The van der Waals surface area contributed by atoms with Crippen LogP contribution in [0.5, 0.6) is 0 Å². The molecule has 0 aromatic rings. The summed E-state index contributed by atoms with van der Waals surface area (Å²) in [5.74, 6) is -5.44. The van der Waals surface area contributed by atoms with E-state index in [4.69, 9.17) is 5.11 Å². The summed E-state index contributed by atoms with van der Waals surface area (Å²) < 4.78 is 9.07. The molecule has 0 unspecified atom stereocenters. The van der Waals surface area contributed by atoms with Gasteiger partial charge in [-0.15, -0.1) is 0 Å². The summed E-state index contributed by atoms with van der Waals surface area (Å²) in [6, 6.07) is 0. The van der Waals surface area contributed by atoms with E-state index in [2.05, 4.69) is 9.47 Å². The van der Waals surface area contributed by atoms with E-state index in [1.807, 2.05) is 0 Å². The molecule has 0 aromatic heterocycles. The Bertz CT molecular complexity index is 359. The van der Waals surface area contributed by atoms with Gasteiger partial charge in [0, 0.05) is 0 Å². The summed E-state index contributed by atoms with van der Waals surface area (Å²) in [6.07, 6.45) is 3.31. The molecule has 0 aliphatic heterocycles. The topological polar surface area (TPSA) is 89.9 Å². The molecule has 1 rings (SSSR count). The van der Waals surface area contributed by atoms with Gasteiger partial charge in [0.25, 0.3) is 0 Å². The summed E-state index contributed by atoms with van der Waals surface area (Å²) in [7, 11) is 2.36. The first kappa shape index (κ1) is 13.2. The quantitative estimate of drug-likeness (QED) is 0.562. The second kappa shape index (κ2) is 5.47. The van der Waals surface area contributed by atoms with E-state index in [9.17, 15) is 14.4 Å². The van der Waals surface area contributed by atoms with Crippen molar-refractivity contribution in [3.05, 3.63) is 12.2 Å². The lowest BCUT2D eigenvalue weighted by Crippen LogP contribution is -2.40. The van der Waals surface area contributed by atoms with Gasteiger partial charge in [0.1, 0.15) is 0 Å². The number of rotatable bonds is 3. The number of esters is 2. The van der Waals surface area contributed by atoms with Crippen LogP contribution in [0.15, 0.2) is 12.2 Å². The highest BCUT2D eigenvalue weighted by molar-refractivity contribution is 5.88. The van der Waals surface area contributed by atoms with Crippen molar-refractivity contribution in [1.82, 2.24) is 0 Å². The van der Waals surface area contributed by atoms with Crippen LogP contribution < -0.4 is 0 Å². The zero-order valence-electron chi connectivity index (χ0n) is 9.58. The Morgan fingerprint density at radius 3 is 2.24 bits per heavy atom. The summed E-state index contributed by atoms with van der Waals surface area (Å²) in [5, 5.41) is 9.12. The lowest BCUT2D eigenvalue weighted by Gasteiger charge is -2.28. The maximum atomic E-state index is 11.5. The SMILES string of the molecule is COC(=O)[C@@H]1C=CC[C@@H](C(=O)OC)[C@H]1C(=O)O. The number of carboxylic acids is 1. The van der Waals surface area contributed by atoms with E-state index in [0.717, 1.165) is 0 Å². The zero-order chi connectivity index (χ0) is 13.0. The number of aliphatic carboxylic acids is 1. The largest absolute Gasteiger partial charge is 0.481 e. The lowest BCUT2D eigenvalue weighted by atomic mass is 9.75. The third kappa shape index (κ3) is 2.64. The Balaban J connectivity index is 3.03. The van der Waals surface area contributed by atoms with Crippen LogP contribution >= 0.6 is 0 Å². The number of allylic oxidation sites excluding steroid dienone is 1. The van der Waals surface area contributed by atoms with Gasteiger partial charge in [-0.25, -0.2) is 0 Å². The molecule has 1 aliphatic rings. The number of hydrogen-bond acceptors (Lipinski definition) is 5. The standard InChI is InChI=1S/C11H14O6/c1-16-10(14)6-4-3-5-7(11(15)17-2)8(6)9(12)13/h3-4,6-8H,5H2,1-2H3,(H,12,13)/t6-,7-,8+/m1/s1. The van der Waals surface area contributed by atoms with Crippen LogP contribution in [0.1, 0.15) is 6.42 Å². The predicted octanol–water partition coefficient (Wildman–Crippen LogP) is 0.225. The average Bonchev–Trinajstić information content (AvgIpc) is 2.35. The summed E-state index contributed by atoms with van der Waals surface area (Å²) in [4.78, 5) is 34.1. The molecular weight excluding hydrogens is 228 g/mol. The summed E-state index contributed by atoms with van der Waals surface area (Å²) >= 11 is 0. The normalized spacial score (nSPS) is 27.3. The van der Waals surface area contributed by atoms with Gasteiger partial charge in [0.2, 0.25) is 0 Å². The Hall–Kier alpha value is -1.85. The van der Waals surface area contributed by atoms with Crippen LogP contribution in [0.25, 0.3) is 0 Å². The van der Waals surface area contributed by atoms with Crippen molar-refractivity contribution >= 4 is 17.9 Å². The minimum absolute atomic E-state index is 0.247. The van der Waals surface area contributed by atoms with Crippen molar-refractivity contribution in [3.63, 3.8) is 0 Å². The molecular formula is C11H14O6. The van der Waals surface area contributed by atoms with Gasteiger partial charge in [-0.2, -0.15) is 0 Å². The molecule has 17 heavy (non-hydrogen) atoms. The second-order valence-corrected chi connectivity index (χ2v) is 3.71. The predicted molar refractivity (Wildman–Crippen MR) is 55.9 cm³/mol. The first-order valence-corrected chi connectivity index (χ1v) is 5.08. The second-order valence-electron chi connectivity index (χ2n) is 3.71. The van der Waals surface area contributed by atoms with Crippen LogP contribution in [0, 0.1) is 17.8 Å². The number of carboxylic acid groups (broad SMARTS) is 1. The van der Waals surface area contributed by atoms with Gasteiger partial charge in [-0.3, -0.25) is 14.4 Å². The summed E-state index contributed by atoms with van der Waals surface area (Å²) in [6.45, 7) is 0. The minimum atomic E-state index is -1.21. The van der Waals surface area contributed by atoms with Gasteiger partial charge >= 0.3 is 17.9 Å². The molecule has 0 amide bonds. The Morgan fingerprint density at radius 1 is 1.18 bits per heavy atom. The van der Waals surface area contributed by atoms with Crippen molar-refractivity contribution in [2.75, 3.05) is 14.2 Å². The van der Waals surface area contributed by atoms with Crippen LogP contribution in [-0.2, 0) is 23.9 Å². The highest BCUT2D eigenvalue weighted by Crippen LogP contribution is 2.32. The van der Waals surface area contributed by atoms with E-state index >= 15 is 0 Å². The molecule has 6 heteroatoms. The fraction of sp³-hybridized carbons (Fsp3) is 0.545. The number of methoxy groups -OCH3 is 2. The van der Waals surface area contributed by atoms with Gasteiger partial charge in [-0.05, 0) is 6.42 Å². The van der Waals surface area contributed by atoms with Crippen molar-refractivity contribution < 1.29 is 29.0 Å². The van der Waals surface area contributed by atoms with Gasteiger partial charge < -0.3 is 14.6 Å². The average molecular weight is 242 g/mol. The molecule has 0 bridgehead atoms. The van der Waals surface area contributed by atoms with Crippen LogP contribution in [0.2, 0.25) is 0 Å². The monoisotopic (exact) mass is 242 g/mol. The number of carbonyl (C=O) groups is 3. The minimum Gasteiger partial charge on any atom is -0.481 e. The molecule has 0 radical (unpaired) electrons. The first-order chi connectivity index (χ1) is 8.02. The van der Waals surface area contributed by atoms with Crippen LogP contribution in [0.4, 0.5) is 0 Å². The molecule has 3 atom stereocenters. The molecule has 0 saturated carbocycles. The van der Waals surface area contributed by atoms with E-state index < -0.39 is 35.7 Å². The first-order valence-electron chi connectivity index (χ1n) is 5.08. The lowest BCUT2D eigenvalue weighted by molar-refractivity contribution is -0.163. The van der Waals surface area contributed by atoms with Crippen LogP contribution in [-0.4, -0.2) is 37.2 Å². The molecule has 0 saturated heterocycles. The Kier molecular flexibility index (Phi) is 4.25. The maximum Gasteiger partial charge on any atom is 0.313 e. The molecule has 0 fully saturated rings. The molecule has 94 valence electrons. The molecule has 0 spiro atoms. The smallest absolute Gasteiger partial charge is 0.313 e. The number of carbonyl (C=O) groups excluding carboxylic acids is 2. The maximum absolute atomic E-state index is 11.5. The van der Waals surface area contributed by atoms with Crippen LogP contribution in [0.3, 0.4) is 0 Å². The molecule has 6 nitrogen and oxygen atoms in total.